The number of hydrogen-bond acceptors (Lipinski definition) is 14. The van der Waals surface area contributed by atoms with E-state index in [1.54, 1.807) is 38.8 Å². The van der Waals surface area contributed by atoms with Crippen LogP contribution >= 0.6 is 11.5 Å². The number of aliphatic hydroxyl groups excluding tert-OH is 1. The summed E-state index contributed by atoms with van der Waals surface area (Å²) in [6.07, 6.45) is 2.92. The van der Waals surface area contributed by atoms with Crippen molar-refractivity contribution in [2.45, 2.75) is 90.2 Å². The average molecular weight is 633 g/mol. The van der Waals surface area contributed by atoms with Gasteiger partial charge in [0.15, 0.2) is 5.82 Å². The summed E-state index contributed by atoms with van der Waals surface area (Å²) in [5.41, 5.74) is 11.1. The molecule has 1 amide bonds. The molecule has 0 aromatic carbocycles. The standard InChI is InChI=1S/C29H44N8O6S/c1-18(42-26(40)29(9-13-38)7-11-36(12-8-29)27(41)43-28(2,3)4)14-20-15-22(44-35-20)34-25-23(24(31)39)32-16-21(33-25)37-10-5-6-19(30)17-37/h13,15-16,18-19,24,39H,5-12,14,17,30-31H2,1-4H3,(H,33,34). The molecule has 2 aliphatic rings. The number of carbonyl (C=O) groups is 3. The molecule has 15 heteroatoms. The van der Waals surface area contributed by atoms with Crippen LogP contribution in [-0.2, 0) is 25.5 Å². The van der Waals surface area contributed by atoms with Gasteiger partial charge < -0.3 is 46.0 Å². The molecule has 0 spiro atoms. The highest BCUT2D eigenvalue weighted by Crippen LogP contribution is 2.37. The molecule has 0 aliphatic carbocycles. The van der Waals surface area contributed by atoms with Crippen molar-refractivity contribution in [3.63, 3.8) is 0 Å². The molecule has 4 heterocycles. The van der Waals surface area contributed by atoms with Crippen molar-refractivity contribution in [2.24, 2.45) is 16.9 Å². The summed E-state index contributed by atoms with van der Waals surface area (Å²) in [6.45, 7) is 9.22. The maximum Gasteiger partial charge on any atom is 0.410 e. The van der Waals surface area contributed by atoms with Gasteiger partial charge in [0.1, 0.15) is 40.7 Å². The summed E-state index contributed by atoms with van der Waals surface area (Å²) in [7, 11) is 0. The maximum atomic E-state index is 13.3. The van der Waals surface area contributed by atoms with E-state index in [9.17, 15) is 19.5 Å². The highest BCUT2D eigenvalue weighted by Gasteiger charge is 2.44. The number of aromatic nitrogens is 3. The monoisotopic (exact) mass is 632 g/mol. The van der Waals surface area contributed by atoms with Gasteiger partial charge in [-0.1, -0.05) is 0 Å². The fourth-order valence-electron chi connectivity index (χ4n) is 5.39. The van der Waals surface area contributed by atoms with Gasteiger partial charge in [-0.2, -0.15) is 4.37 Å². The molecule has 2 aliphatic heterocycles. The summed E-state index contributed by atoms with van der Waals surface area (Å²) >= 11 is 1.19. The van der Waals surface area contributed by atoms with E-state index in [0.717, 1.165) is 25.7 Å². The fourth-order valence-corrected chi connectivity index (χ4v) is 6.06. The first-order valence-electron chi connectivity index (χ1n) is 14.9. The Labute approximate surface area is 261 Å². The predicted molar refractivity (Wildman–Crippen MR) is 165 cm³/mol. The van der Waals surface area contributed by atoms with Crippen molar-refractivity contribution in [1.29, 1.82) is 0 Å². The molecule has 0 radical (unpaired) electrons. The molecule has 2 saturated heterocycles. The van der Waals surface area contributed by atoms with Gasteiger partial charge in [-0.3, -0.25) is 4.79 Å². The lowest BCUT2D eigenvalue weighted by atomic mass is 9.76. The number of piperidine rings is 2. The van der Waals surface area contributed by atoms with Crippen LogP contribution < -0.4 is 21.7 Å². The first-order valence-corrected chi connectivity index (χ1v) is 15.7. The van der Waals surface area contributed by atoms with Crippen LogP contribution in [0.3, 0.4) is 0 Å². The summed E-state index contributed by atoms with van der Waals surface area (Å²) in [5, 5.41) is 13.9. The minimum Gasteiger partial charge on any atom is -0.462 e. The number of nitrogens with zero attached hydrogens (tertiary/aromatic N) is 5. The summed E-state index contributed by atoms with van der Waals surface area (Å²) in [4.78, 5) is 50.0. The molecule has 0 saturated carbocycles. The lowest BCUT2D eigenvalue weighted by molar-refractivity contribution is -0.165. The van der Waals surface area contributed by atoms with E-state index in [-0.39, 0.29) is 18.2 Å². The Kier molecular flexibility index (Phi) is 10.8. The van der Waals surface area contributed by atoms with Gasteiger partial charge in [0.2, 0.25) is 0 Å². The van der Waals surface area contributed by atoms with Crippen molar-refractivity contribution in [2.75, 3.05) is 36.4 Å². The zero-order valence-electron chi connectivity index (χ0n) is 25.8. The van der Waals surface area contributed by atoms with Crippen molar-refractivity contribution in [1.82, 2.24) is 19.2 Å². The third-order valence-corrected chi connectivity index (χ3v) is 8.48. The Morgan fingerprint density at radius 3 is 2.66 bits per heavy atom. The number of aldehydes is 1. The molecule has 242 valence electrons. The normalized spacial score (nSPS) is 20.0. The van der Waals surface area contributed by atoms with Gasteiger partial charge >= 0.3 is 12.1 Å². The number of nitrogens with one attached hydrogen (secondary N) is 1. The van der Waals surface area contributed by atoms with E-state index >= 15 is 0 Å². The fraction of sp³-hybridized carbons (Fsp3) is 0.655. The lowest BCUT2D eigenvalue weighted by Crippen LogP contribution is -2.49. The van der Waals surface area contributed by atoms with E-state index in [4.69, 9.17) is 20.9 Å². The van der Waals surface area contributed by atoms with E-state index in [1.165, 1.54) is 11.5 Å². The molecule has 44 heavy (non-hydrogen) atoms. The molecule has 3 atom stereocenters. The summed E-state index contributed by atoms with van der Waals surface area (Å²) < 4.78 is 15.8. The molecule has 4 rings (SSSR count). The molecular weight excluding hydrogens is 588 g/mol. The number of likely N-dealkylation sites (tertiary alicyclic amines) is 1. The number of anilines is 3. The van der Waals surface area contributed by atoms with Crippen LogP contribution in [0.4, 0.5) is 21.4 Å². The lowest BCUT2D eigenvalue weighted by Gasteiger charge is -2.39. The highest BCUT2D eigenvalue weighted by atomic mass is 32.1. The van der Waals surface area contributed by atoms with Crippen LogP contribution in [0.15, 0.2) is 12.3 Å². The third-order valence-electron chi connectivity index (χ3n) is 7.73. The van der Waals surface area contributed by atoms with Gasteiger partial charge in [0.25, 0.3) is 0 Å². The number of esters is 1. The number of ether oxygens (including phenoxy) is 2. The Hall–Kier alpha value is -3.40. The number of amides is 1. The SMILES string of the molecule is CC(Cc1cc(Nc2nc(N3CCCC(N)C3)cnc2C(N)O)sn1)OC(=O)C1(CC=O)CCN(C(=O)OC(C)(C)C)CC1. The Bertz CT molecular complexity index is 1310. The Morgan fingerprint density at radius 1 is 1.30 bits per heavy atom. The molecule has 0 bridgehead atoms. The predicted octanol–water partition coefficient (Wildman–Crippen LogP) is 2.63. The Morgan fingerprint density at radius 2 is 2.02 bits per heavy atom. The van der Waals surface area contributed by atoms with Crippen LogP contribution in [0.2, 0.25) is 0 Å². The van der Waals surface area contributed by atoms with Crippen LogP contribution in [-0.4, -0.2) is 86.6 Å². The van der Waals surface area contributed by atoms with Crippen LogP contribution in [0, 0.1) is 5.41 Å². The van der Waals surface area contributed by atoms with Crippen molar-refractivity contribution < 1.29 is 29.0 Å². The Balaban J connectivity index is 1.37. The molecule has 2 aromatic heterocycles. The molecule has 3 unspecified atom stereocenters. The zero-order valence-corrected chi connectivity index (χ0v) is 26.6. The van der Waals surface area contributed by atoms with Crippen LogP contribution in [0.5, 0.6) is 0 Å². The number of rotatable bonds is 10. The summed E-state index contributed by atoms with van der Waals surface area (Å²) in [5.74, 6) is 0.499. The van der Waals surface area contributed by atoms with E-state index in [2.05, 4.69) is 24.6 Å². The number of nitrogens with two attached hydrogens (primary N) is 2. The van der Waals surface area contributed by atoms with Crippen LogP contribution in [0.25, 0.3) is 0 Å². The molecular formula is C29H44N8O6S. The van der Waals surface area contributed by atoms with Gasteiger partial charge in [0, 0.05) is 45.1 Å². The molecule has 2 aromatic rings. The second-order valence-corrected chi connectivity index (χ2v) is 13.4. The van der Waals surface area contributed by atoms with Gasteiger partial charge in [-0.15, -0.1) is 0 Å². The van der Waals surface area contributed by atoms with E-state index < -0.39 is 35.4 Å². The minimum atomic E-state index is -1.33. The van der Waals surface area contributed by atoms with Gasteiger partial charge in [-0.25, -0.2) is 14.8 Å². The third kappa shape index (κ3) is 8.61. The number of hydrogen-bond donors (Lipinski definition) is 4. The summed E-state index contributed by atoms with van der Waals surface area (Å²) in [6, 6.07) is 1.87. The van der Waals surface area contributed by atoms with Crippen molar-refractivity contribution in [3.05, 3.63) is 23.7 Å². The van der Waals surface area contributed by atoms with Crippen molar-refractivity contribution in [3.8, 4) is 0 Å². The topological polar surface area (TPSA) is 199 Å². The smallest absolute Gasteiger partial charge is 0.410 e. The molecule has 6 N–H and O–H groups in total. The average Bonchev–Trinajstić information content (AvgIpc) is 3.38. The maximum absolute atomic E-state index is 13.3. The van der Waals surface area contributed by atoms with Gasteiger partial charge in [0.05, 0.1) is 17.3 Å². The quantitative estimate of drug-likeness (QED) is 0.169. The van der Waals surface area contributed by atoms with Crippen molar-refractivity contribution >= 4 is 46.5 Å². The zero-order chi connectivity index (χ0) is 32.1. The number of carbonyl (C=O) groups excluding carboxylic acids is 3. The first kappa shape index (κ1) is 33.5. The number of aliphatic hydroxyl groups is 1. The largest absolute Gasteiger partial charge is 0.462 e. The molecule has 14 nitrogen and oxygen atoms in total. The minimum absolute atomic E-state index is 0.0181. The van der Waals surface area contributed by atoms with Gasteiger partial charge in [-0.05, 0) is 71.0 Å². The second kappa shape index (κ2) is 14.1. The first-order chi connectivity index (χ1) is 20.8. The van der Waals surface area contributed by atoms with Crippen LogP contribution in [0.1, 0.15) is 77.4 Å². The van der Waals surface area contributed by atoms with E-state index in [1.807, 2.05) is 6.07 Å². The molecule has 2 fully saturated rings. The highest BCUT2D eigenvalue weighted by molar-refractivity contribution is 7.10. The van der Waals surface area contributed by atoms with E-state index in [0.29, 0.717) is 61.2 Å². The second-order valence-electron chi connectivity index (χ2n) is 12.6.